The van der Waals surface area contributed by atoms with Crippen LogP contribution in [-0.4, -0.2) is 21.0 Å². The first-order valence-corrected chi connectivity index (χ1v) is 10.2. The molecule has 0 amide bonds. The van der Waals surface area contributed by atoms with E-state index in [0.29, 0.717) is 32.8 Å². The Balaban J connectivity index is 1.84. The van der Waals surface area contributed by atoms with Crippen LogP contribution < -0.4 is 0 Å². The molecule has 166 valence electrons. The molecule has 0 spiro atoms. The minimum Gasteiger partial charge on any atom is -0.478 e. The first kappa shape index (κ1) is 22.5. The predicted molar refractivity (Wildman–Crippen MR) is 120 cm³/mol. The van der Waals surface area contributed by atoms with Crippen molar-refractivity contribution in [1.82, 2.24) is 9.97 Å². The van der Waals surface area contributed by atoms with Gasteiger partial charge in [-0.25, -0.2) is 14.8 Å². The summed E-state index contributed by atoms with van der Waals surface area (Å²) < 4.78 is 40.7. The number of hydrogen-bond acceptors (Lipinski definition) is 3. The molecule has 33 heavy (non-hydrogen) atoms. The second-order valence-corrected chi connectivity index (χ2v) is 7.82. The molecular weight excluding hydrogens is 453 g/mol. The Morgan fingerprint density at radius 1 is 0.848 bits per heavy atom. The summed E-state index contributed by atoms with van der Waals surface area (Å²) in [7, 11) is 0. The fourth-order valence-electron chi connectivity index (χ4n) is 3.36. The fraction of sp³-hybridized carbons (Fsp3) is 0.0800. The lowest BCUT2D eigenvalue weighted by Gasteiger charge is -2.12. The highest BCUT2D eigenvalue weighted by atomic mass is 35.5. The van der Waals surface area contributed by atoms with E-state index in [1.165, 1.54) is 6.07 Å². The Kier molecular flexibility index (Phi) is 5.91. The van der Waals surface area contributed by atoms with Crippen LogP contribution in [0.1, 0.15) is 21.6 Å². The number of nitrogens with zero attached hydrogens (tertiary/aromatic N) is 2. The van der Waals surface area contributed by atoms with Gasteiger partial charge in [-0.05, 0) is 53.9 Å². The second kappa shape index (κ2) is 8.67. The zero-order valence-corrected chi connectivity index (χ0v) is 17.9. The molecule has 0 saturated heterocycles. The Hall–Kier alpha value is -3.71. The first-order valence-electron chi connectivity index (χ1n) is 9.79. The molecule has 0 bridgehead atoms. The molecular formula is C25H16ClF3N2O2. The molecule has 0 aliphatic heterocycles. The van der Waals surface area contributed by atoms with Gasteiger partial charge in [-0.2, -0.15) is 13.2 Å². The van der Waals surface area contributed by atoms with Crippen LogP contribution >= 0.6 is 11.6 Å². The SMILES string of the molecule is Cc1ccc(-c2cccc(-c3nc(-c4ccc(Cl)cc4)cc(C(F)(F)F)n3)c2)cc1C(=O)O. The topological polar surface area (TPSA) is 63.1 Å². The quantitative estimate of drug-likeness (QED) is 0.345. The molecule has 0 fully saturated rings. The van der Waals surface area contributed by atoms with Crippen molar-refractivity contribution in [3.63, 3.8) is 0 Å². The zero-order valence-electron chi connectivity index (χ0n) is 17.2. The largest absolute Gasteiger partial charge is 0.478 e. The van der Waals surface area contributed by atoms with E-state index in [9.17, 15) is 23.1 Å². The third kappa shape index (κ3) is 4.88. The van der Waals surface area contributed by atoms with Gasteiger partial charge in [0, 0.05) is 16.1 Å². The van der Waals surface area contributed by atoms with Crippen molar-refractivity contribution in [3.8, 4) is 33.8 Å². The Morgan fingerprint density at radius 3 is 2.15 bits per heavy atom. The molecule has 0 aliphatic rings. The van der Waals surface area contributed by atoms with Crippen LogP contribution in [0.4, 0.5) is 13.2 Å². The summed E-state index contributed by atoms with van der Waals surface area (Å²) in [5.41, 5.74) is 1.88. The number of carboxylic acids is 1. The Morgan fingerprint density at radius 2 is 1.48 bits per heavy atom. The van der Waals surface area contributed by atoms with Gasteiger partial charge in [0.2, 0.25) is 0 Å². The van der Waals surface area contributed by atoms with E-state index >= 15 is 0 Å². The maximum Gasteiger partial charge on any atom is 0.433 e. The molecule has 0 saturated carbocycles. The monoisotopic (exact) mass is 468 g/mol. The maximum absolute atomic E-state index is 13.6. The number of aromatic carboxylic acids is 1. The van der Waals surface area contributed by atoms with E-state index < -0.39 is 17.8 Å². The number of carboxylic acid groups (broad SMARTS) is 1. The van der Waals surface area contributed by atoms with Crippen molar-refractivity contribution in [2.24, 2.45) is 0 Å². The molecule has 1 N–H and O–H groups in total. The van der Waals surface area contributed by atoms with Crippen LogP contribution in [0.5, 0.6) is 0 Å². The predicted octanol–water partition coefficient (Wildman–Crippen LogP) is 7.16. The highest BCUT2D eigenvalue weighted by Crippen LogP contribution is 2.33. The number of rotatable bonds is 4. The van der Waals surface area contributed by atoms with Crippen molar-refractivity contribution < 1.29 is 23.1 Å². The summed E-state index contributed by atoms with van der Waals surface area (Å²) in [6, 6.07) is 18.8. The van der Waals surface area contributed by atoms with Gasteiger partial charge in [-0.1, -0.05) is 54.1 Å². The lowest BCUT2D eigenvalue weighted by atomic mass is 9.98. The van der Waals surface area contributed by atoms with E-state index in [1.807, 2.05) is 0 Å². The molecule has 0 unspecified atom stereocenters. The number of halogens is 4. The molecule has 0 atom stereocenters. The molecule has 4 aromatic rings. The third-order valence-electron chi connectivity index (χ3n) is 5.08. The van der Waals surface area contributed by atoms with E-state index in [4.69, 9.17) is 11.6 Å². The van der Waals surface area contributed by atoms with Crippen LogP contribution in [0, 0.1) is 6.92 Å². The molecule has 1 aromatic heterocycles. The normalized spacial score (nSPS) is 11.4. The molecule has 8 heteroatoms. The van der Waals surface area contributed by atoms with Gasteiger partial charge in [0.05, 0.1) is 11.3 Å². The lowest BCUT2D eigenvalue weighted by Crippen LogP contribution is -2.10. The van der Waals surface area contributed by atoms with Crippen molar-refractivity contribution in [2.45, 2.75) is 13.1 Å². The molecule has 0 radical (unpaired) electrons. The second-order valence-electron chi connectivity index (χ2n) is 7.38. The van der Waals surface area contributed by atoms with Crippen LogP contribution in [-0.2, 0) is 6.18 Å². The van der Waals surface area contributed by atoms with Crippen LogP contribution in [0.3, 0.4) is 0 Å². The van der Waals surface area contributed by atoms with Crippen LogP contribution in [0.2, 0.25) is 5.02 Å². The van der Waals surface area contributed by atoms with Crippen molar-refractivity contribution >= 4 is 17.6 Å². The average Bonchev–Trinajstić information content (AvgIpc) is 2.79. The molecule has 3 aromatic carbocycles. The number of alkyl halides is 3. The molecule has 4 rings (SSSR count). The number of carbonyl (C=O) groups is 1. The minimum atomic E-state index is -4.66. The average molecular weight is 469 g/mol. The number of aromatic nitrogens is 2. The minimum absolute atomic E-state index is 0.0952. The van der Waals surface area contributed by atoms with Gasteiger partial charge in [-0.3, -0.25) is 0 Å². The fourth-order valence-corrected chi connectivity index (χ4v) is 3.49. The molecule has 0 aliphatic carbocycles. The van der Waals surface area contributed by atoms with Crippen molar-refractivity contribution in [2.75, 3.05) is 0 Å². The number of aryl methyl sites for hydroxylation is 1. The lowest BCUT2D eigenvalue weighted by molar-refractivity contribution is -0.141. The summed E-state index contributed by atoms with van der Waals surface area (Å²) in [5.74, 6) is -1.15. The summed E-state index contributed by atoms with van der Waals surface area (Å²) >= 11 is 5.90. The third-order valence-corrected chi connectivity index (χ3v) is 5.33. The van der Waals surface area contributed by atoms with Gasteiger partial charge in [-0.15, -0.1) is 0 Å². The smallest absolute Gasteiger partial charge is 0.433 e. The van der Waals surface area contributed by atoms with Gasteiger partial charge in [0.25, 0.3) is 0 Å². The zero-order chi connectivity index (χ0) is 23.8. The van der Waals surface area contributed by atoms with Gasteiger partial charge in [0.15, 0.2) is 5.82 Å². The van der Waals surface area contributed by atoms with Gasteiger partial charge < -0.3 is 5.11 Å². The highest BCUT2D eigenvalue weighted by Gasteiger charge is 2.34. The summed E-state index contributed by atoms with van der Waals surface area (Å²) in [5, 5.41) is 9.85. The van der Waals surface area contributed by atoms with E-state index in [2.05, 4.69) is 9.97 Å². The standard InChI is InChI=1S/C25H16ClF3N2O2/c1-14-5-6-17(12-20(14)24(32)33)16-3-2-4-18(11-16)23-30-21(13-22(31-23)25(27,28)29)15-7-9-19(26)10-8-15/h2-13H,1H3,(H,32,33). The molecule has 4 nitrogen and oxygen atoms in total. The van der Waals surface area contributed by atoms with Crippen LogP contribution in [0.15, 0.2) is 72.8 Å². The van der Waals surface area contributed by atoms with Gasteiger partial charge >= 0.3 is 12.1 Å². The van der Waals surface area contributed by atoms with Crippen LogP contribution in [0.25, 0.3) is 33.8 Å². The van der Waals surface area contributed by atoms with Gasteiger partial charge in [0.1, 0.15) is 5.69 Å². The Labute approximate surface area is 192 Å². The summed E-state index contributed by atoms with van der Waals surface area (Å²) in [4.78, 5) is 19.6. The van der Waals surface area contributed by atoms with Crippen molar-refractivity contribution in [3.05, 3.63) is 94.6 Å². The molecule has 1 heterocycles. The Bertz CT molecular complexity index is 1350. The number of benzene rings is 3. The maximum atomic E-state index is 13.6. The first-order chi connectivity index (χ1) is 15.6. The summed E-state index contributed by atoms with van der Waals surface area (Å²) in [6.45, 7) is 1.69. The number of hydrogen-bond donors (Lipinski definition) is 1. The highest BCUT2D eigenvalue weighted by molar-refractivity contribution is 6.30. The van der Waals surface area contributed by atoms with E-state index in [-0.39, 0.29) is 17.1 Å². The van der Waals surface area contributed by atoms with E-state index in [1.54, 1.807) is 67.6 Å². The van der Waals surface area contributed by atoms with Crippen molar-refractivity contribution in [1.29, 1.82) is 0 Å². The van der Waals surface area contributed by atoms with E-state index in [0.717, 1.165) is 6.07 Å². The summed E-state index contributed by atoms with van der Waals surface area (Å²) in [6.07, 6.45) is -4.66.